The topological polar surface area (TPSA) is 216 Å². The Hall–Kier alpha value is -3.49. The normalized spacial score (nSPS) is 24.9. The highest BCUT2D eigenvalue weighted by atomic mass is 31.2. The summed E-state index contributed by atoms with van der Waals surface area (Å²) in [6.45, 7) is 3.89. The van der Waals surface area contributed by atoms with E-state index in [4.69, 9.17) is 28.8 Å². The van der Waals surface area contributed by atoms with Crippen LogP contribution in [-0.4, -0.2) is 64.4 Å². The zero-order chi connectivity index (χ0) is 28.8. The number of ether oxygens (including phenoxy) is 3. The SMILES string of the molecule is CO[C@]1(COP(=O)(N[C@H](C)C(=O)OC(C)C)Oc2ccccc2)OC(n2ccc(=O)[nH]c2=O)C(N=[N+]=[N-])[C@@H]1O. The third kappa shape index (κ3) is 7.13. The minimum atomic E-state index is -4.41. The molecule has 2 heterocycles. The van der Waals surface area contributed by atoms with Crippen molar-refractivity contribution < 1.29 is 37.7 Å². The first-order valence-corrected chi connectivity index (χ1v) is 13.2. The van der Waals surface area contributed by atoms with Crippen LogP contribution in [0.25, 0.3) is 10.4 Å². The number of rotatable bonds is 12. The number of nitrogens with zero attached hydrogens (tertiary/aromatic N) is 4. The number of nitrogens with one attached hydrogen (secondary N) is 2. The predicted octanol–water partition coefficient (Wildman–Crippen LogP) is 1.58. The molecule has 1 aliphatic rings. The van der Waals surface area contributed by atoms with Gasteiger partial charge in [0, 0.05) is 24.3 Å². The molecule has 1 saturated heterocycles. The number of para-hydroxylation sites is 1. The van der Waals surface area contributed by atoms with Crippen molar-refractivity contribution in [1.29, 1.82) is 0 Å². The van der Waals surface area contributed by atoms with Gasteiger partial charge in [-0.25, -0.2) is 9.36 Å². The number of aromatic nitrogens is 2. The van der Waals surface area contributed by atoms with Gasteiger partial charge in [0.15, 0.2) is 6.23 Å². The molecule has 0 amide bonds. The van der Waals surface area contributed by atoms with Crippen molar-refractivity contribution in [3.8, 4) is 5.75 Å². The Kier molecular flexibility index (Phi) is 9.69. The van der Waals surface area contributed by atoms with Crippen molar-refractivity contribution >= 4 is 13.7 Å². The standard InChI is InChI=1S/C22H29N6O10P/c1-13(2)36-20(31)14(3)26-39(33,38-15-8-6-5-7-9-15)35-12-22(34-4)18(30)17(25-27-23)19(37-22)28-11-10-16(29)24-21(28)32/h5-11,13-14,17-19,30H,12H2,1-4H3,(H,26,33)(H,24,29,32)/t14-,17?,18+,19?,22-,39?/m1/s1. The van der Waals surface area contributed by atoms with E-state index in [1.807, 2.05) is 4.98 Å². The highest BCUT2D eigenvalue weighted by Crippen LogP contribution is 2.48. The number of carbonyl (C=O) groups is 1. The first-order valence-electron chi connectivity index (χ1n) is 11.7. The number of benzene rings is 1. The van der Waals surface area contributed by atoms with Gasteiger partial charge in [-0.05, 0) is 38.4 Å². The second-order valence-corrected chi connectivity index (χ2v) is 10.4. The van der Waals surface area contributed by atoms with Crippen LogP contribution in [0.3, 0.4) is 0 Å². The van der Waals surface area contributed by atoms with Crippen LogP contribution < -0.4 is 20.9 Å². The minimum absolute atomic E-state index is 0.127. The summed E-state index contributed by atoms with van der Waals surface area (Å²) in [5.41, 5.74) is 7.46. The number of H-pyrrole nitrogens is 1. The quantitative estimate of drug-likeness (QED) is 0.110. The lowest BCUT2D eigenvalue weighted by molar-refractivity contribution is -0.266. The first-order chi connectivity index (χ1) is 18.4. The smallest absolute Gasteiger partial charge is 0.459 e. The molecule has 17 heteroatoms. The van der Waals surface area contributed by atoms with Crippen molar-refractivity contribution in [3.63, 3.8) is 0 Å². The van der Waals surface area contributed by atoms with Crippen LogP contribution in [0.4, 0.5) is 0 Å². The van der Waals surface area contributed by atoms with E-state index in [-0.39, 0.29) is 5.75 Å². The van der Waals surface area contributed by atoms with Crippen molar-refractivity contribution in [3.05, 3.63) is 73.9 Å². The Morgan fingerprint density at radius 2 is 2.00 bits per heavy atom. The molecule has 1 fully saturated rings. The molecular weight excluding hydrogens is 539 g/mol. The lowest BCUT2D eigenvalue weighted by Gasteiger charge is -2.32. The number of esters is 1. The zero-order valence-corrected chi connectivity index (χ0v) is 22.4. The molecule has 1 aliphatic heterocycles. The van der Waals surface area contributed by atoms with Gasteiger partial charge in [0.1, 0.15) is 30.5 Å². The average molecular weight is 568 g/mol. The van der Waals surface area contributed by atoms with Gasteiger partial charge in [-0.3, -0.25) is 23.7 Å². The number of carbonyl (C=O) groups excluding carboxylic acids is 1. The molecule has 16 nitrogen and oxygen atoms in total. The van der Waals surface area contributed by atoms with Crippen molar-refractivity contribution in [2.45, 2.75) is 57.1 Å². The van der Waals surface area contributed by atoms with Crippen molar-refractivity contribution in [2.24, 2.45) is 5.11 Å². The second kappa shape index (κ2) is 12.6. The molecule has 39 heavy (non-hydrogen) atoms. The molecule has 2 aromatic rings. The number of aliphatic hydroxyl groups excluding tert-OH is 1. The van der Waals surface area contributed by atoms with E-state index in [9.17, 15) is 24.1 Å². The monoisotopic (exact) mass is 568 g/mol. The molecule has 0 bridgehead atoms. The molecule has 1 aromatic carbocycles. The number of methoxy groups -OCH3 is 1. The van der Waals surface area contributed by atoms with E-state index in [2.05, 4.69) is 15.1 Å². The van der Waals surface area contributed by atoms with Gasteiger partial charge in [0.2, 0.25) is 5.79 Å². The summed E-state index contributed by atoms with van der Waals surface area (Å²) in [5, 5.41) is 17.1. The molecular formula is C22H29N6O10P. The Bertz CT molecular complexity index is 1360. The van der Waals surface area contributed by atoms with E-state index in [0.29, 0.717) is 0 Å². The summed E-state index contributed by atoms with van der Waals surface area (Å²) in [5.74, 6) is -2.75. The molecule has 6 atom stereocenters. The number of azide groups is 1. The fourth-order valence-electron chi connectivity index (χ4n) is 3.65. The molecule has 0 spiro atoms. The third-order valence-corrected chi connectivity index (χ3v) is 7.13. The van der Waals surface area contributed by atoms with Gasteiger partial charge in [-0.2, -0.15) is 5.09 Å². The lowest BCUT2D eigenvalue weighted by Crippen LogP contribution is -2.48. The van der Waals surface area contributed by atoms with Crippen LogP contribution in [0.5, 0.6) is 5.75 Å². The second-order valence-electron chi connectivity index (χ2n) is 8.69. The molecule has 0 saturated carbocycles. The summed E-state index contributed by atoms with van der Waals surface area (Å²) >= 11 is 0. The van der Waals surface area contributed by atoms with Crippen LogP contribution in [0.2, 0.25) is 0 Å². The predicted molar refractivity (Wildman–Crippen MR) is 135 cm³/mol. The Balaban J connectivity index is 1.92. The van der Waals surface area contributed by atoms with Crippen LogP contribution >= 0.6 is 7.75 Å². The molecule has 3 N–H and O–H groups in total. The summed E-state index contributed by atoms with van der Waals surface area (Å²) < 4.78 is 42.2. The van der Waals surface area contributed by atoms with E-state index in [1.165, 1.54) is 19.1 Å². The lowest BCUT2D eigenvalue weighted by atomic mass is 10.1. The van der Waals surface area contributed by atoms with Crippen LogP contribution in [0, 0.1) is 0 Å². The van der Waals surface area contributed by atoms with Crippen LogP contribution in [0.1, 0.15) is 27.0 Å². The maximum atomic E-state index is 13.8. The third-order valence-electron chi connectivity index (χ3n) is 5.50. The molecule has 212 valence electrons. The van der Waals surface area contributed by atoms with Gasteiger partial charge >= 0.3 is 19.4 Å². The van der Waals surface area contributed by atoms with Gasteiger partial charge in [-0.1, -0.05) is 23.3 Å². The number of hydrogen-bond donors (Lipinski definition) is 3. The zero-order valence-electron chi connectivity index (χ0n) is 21.5. The summed E-state index contributed by atoms with van der Waals surface area (Å²) in [6.07, 6.45) is -2.57. The Labute approximate surface area is 222 Å². The van der Waals surface area contributed by atoms with E-state index >= 15 is 0 Å². The highest BCUT2D eigenvalue weighted by Gasteiger charge is 2.57. The number of hydrogen-bond acceptors (Lipinski definition) is 11. The van der Waals surface area contributed by atoms with Gasteiger partial charge in [-0.15, -0.1) is 0 Å². The summed E-state index contributed by atoms with van der Waals surface area (Å²) in [4.78, 5) is 41.0. The van der Waals surface area contributed by atoms with Crippen molar-refractivity contribution in [2.75, 3.05) is 13.7 Å². The summed E-state index contributed by atoms with van der Waals surface area (Å²) in [7, 11) is -3.28. The number of aromatic amines is 1. The fraction of sp³-hybridized carbons (Fsp3) is 0.500. The molecule has 1 aromatic heterocycles. The Morgan fingerprint density at radius 1 is 1.31 bits per heavy atom. The van der Waals surface area contributed by atoms with Gasteiger partial charge in [0.25, 0.3) is 5.56 Å². The van der Waals surface area contributed by atoms with Gasteiger partial charge in [0.05, 0.1) is 6.10 Å². The average Bonchev–Trinajstić information content (AvgIpc) is 3.15. The molecule has 3 rings (SSSR count). The first kappa shape index (κ1) is 30.1. The molecule has 0 aliphatic carbocycles. The molecule has 0 radical (unpaired) electrons. The van der Waals surface area contributed by atoms with Crippen LogP contribution in [0.15, 0.2) is 57.3 Å². The van der Waals surface area contributed by atoms with Gasteiger partial charge < -0.3 is 23.8 Å². The largest absolute Gasteiger partial charge is 0.462 e. The maximum absolute atomic E-state index is 13.8. The molecule has 3 unspecified atom stereocenters. The minimum Gasteiger partial charge on any atom is -0.462 e. The highest BCUT2D eigenvalue weighted by molar-refractivity contribution is 7.52. The fourth-order valence-corrected chi connectivity index (χ4v) is 5.15. The number of aliphatic hydroxyl groups is 1. The van der Waals surface area contributed by atoms with E-state index in [0.717, 1.165) is 23.9 Å². The summed E-state index contributed by atoms with van der Waals surface area (Å²) in [6, 6.07) is 6.36. The van der Waals surface area contributed by atoms with Crippen LogP contribution in [-0.2, 0) is 28.1 Å². The van der Waals surface area contributed by atoms with Crippen molar-refractivity contribution in [1.82, 2.24) is 14.6 Å². The van der Waals surface area contributed by atoms with E-state index in [1.54, 1.807) is 32.0 Å². The Morgan fingerprint density at radius 3 is 2.59 bits per heavy atom. The maximum Gasteiger partial charge on any atom is 0.459 e. The van der Waals surface area contributed by atoms with E-state index < -0.39 is 67.9 Å².